The summed E-state index contributed by atoms with van der Waals surface area (Å²) in [7, 11) is 1.49. The van der Waals surface area contributed by atoms with Gasteiger partial charge in [0.05, 0.1) is 7.11 Å². The van der Waals surface area contributed by atoms with Crippen molar-refractivity contribution in [2.75, 3.05) is 7.11 Å². The highest BCUT2D eigenvalue weighted by atomic mass is 35.9. The minimum atomic E-state index is -1.14. The molecular formula is C5H8Cl3OP. The summed E-state index contributed by atoms with van der Waals surface area (Å²) < 4.78 is 4.76. The van der Waals surface area contributed by atoms with E-state index >= 15 is 0 Å². The number of rotatable bonds is 3. The molecule has 0 atom stereocenters. The minimum absolute atomic E-state index is 0.318. The summed E-state index contributed by atoms with van der Waals surface area (Å²) in [6, 6.07) is 0. The van der Waals surface area contributed by atoms with Crippen molar-refractivity contribution in [3.63, 3.8) is 0 Å². The van der Waals surface area contributed by atoms with Gasteiger partial charge in [0, 0.05) is 5.31 Å². The molecule has 60 valence electrons. The predicted molar refractivity (Wildman–Crippen MR) is 48.8 cm³/mol. The van der Waals surface area contributed by atoms with Crippen molar-refractivity contribution in [3.8, 4) is 0 Å². The van der Waals surface area contributed by atoms with E-state index in [0.29, 0.717) is 5.22 Å². The molecule has 0 N–H and O–H groups in total. The summed E-state index contributed by atoms with van der Waals surface area (Å²) in [6.07, 6.45) is 0.728. The molecule has 1 nitrogen and oxygen atoms in total. The molecule has 0 aliphatic carbocycles. The number of ether oxygens (including phenoxy) is 1. The second-order valence-electron chi connectivity index (χ2n) is 1.51. The third-order valence-corrected chi connectivity index (χ3v) is 3.61. The monoisotopic (exact) mass is 220 g/mol. The predicted octanol–water partition coefficient (Wildman–Crippen LogP) is 4.24. The molecule has 0 fully saturated rings. The van der Waals surface area contributed by atoms with Crippen molar-refractivity contribution >= 4 is 40.7 Å². The molecule has 0 unspecified atom stereocenters. The van der Waals surface area contributed by atoms with Crippen LogP contribution >= 0.6 is 40.7 Å². The topological polar surface area (TPSA) is 9.23 Å². The van der Waals surface area contributed by atoms with Gasteiger partial charge in [-0.3, -0.25) is 0 Å². The van der Waals surface area contributed by atoms with Crippen molar-refractivity contribution in [2.24, 2.45) is 0 Å². The fourth-order valence-electron chi connectivity index (χ4n) is 0.443. The van der Waals surface area contributed by atoms with Crippen LogP contribution in [0.5, 0.6) is 0 Å². The van der Waals surface area contributed by atoms with Crippen LogP contribution in [-0.4, -0.2) is 7.11 Å². The molecule has 0 aliphatic rings. The molecule has 0 spiro atoms. The SMILES string of the molecule is CC/C(=C(/Cl)OC)P(Cl)Cl. The van der Waals surface area contributed by atoms with Crippen molar-refractivity contribution in [1.82, 2.24) is 0 Å². The third kappa shape index (κ3) is 3.30. The van der Waals surface area contributed by atoms with E-state index < -0.39 is 6.63 Å². The van der Waals surface area contributed by atoms with Crippen LogP contribution in [0.3, 0.4) is 0 Å². The van der Waals surface area contributed by atoms with Crippen molar-refractivity contribution in [1.29, 1.82) is 0 Å². The Bertz CT molecular complexity index is 135. The van der Waals surface area contributed by atoms with Crippen LogP contribution in [0.25, 0.3) is 0 Å². The Labute approximate surface area is 76.6 Å². The van der Waals surface area contributed by atoms with Gasteiger partial charge in [0.1, 0.15) is 6.63 Å². The van der Waals surface area contributed by atoms with Gasteiger partial charge in [0.2, 0.25) is 0 Å². The molecule has 0 saturated heterocycles. The average Bonchev–Trinajstić information content (AvgIpc) is 1.88. The summed E-state index contributed by atoms with van der Waals surface area (Å²) in [5.74, 6) is 0. The normalized spacial score (nSPS) is 13.4. The number of halogens is 3. The van der Waals surface area contributed by atoms with E-state index in [0.717, 1.165) is 11.7 Å². The van der Waals surface area contributed by atoms with Gasteiger partial charge in [0.15, 0.2) is 5.22 Å². The van der Waals surface area contributed by atoms with Gasteiger partial charge in [-0.2, -0.15) is 0 Å². The van der Waals surface area contributed by atoms with E-state index in [1.165, 1.54) is 7.11 Å². The van der Waals surface area contributed by atoms with Crippen molar-refractivity contribution in [3.05, 3.63) is 10.5 Å². The summed E-state index contributed by atoms with van der Waals surface area (Å²) >= 11 is 16.9. The molecule has 10 heavy (non-hydrogen) atoms. The maximum absolute atomic E-state index is 5.63. The molecule has 5 heteroatoms. The van der Waals surface area contributed by atoms with E-state index in [9.17, 15) is 0 Å². The standard InChI is InChI=1S/C5H8Cl3OP/c1-3-4(10(7)8)5(6)9-2/h3H2,1-2H3/b5-4+. The van der Waals surface area contributed by atoms with Crippen molar-refractivity contribution < 1.29 is 4.74 Å². The first-order chi connectivity index (χ1) is 4.63. The van der Waals surface area contributed by atoms with Crippen LogP contribution in [0.4, 0.5) is 0 Å². The van der Waals surface area contributed by atoms with Crippen LogP contribution in [0, 0.1) is 0 Å². The number of hydrogen-bond donors (Lipinski definition) is 0. The largest absolute Gasteiger partial charge is 0.486 e. The second-order valence-corrected chi connectivity index (χ2v) is 5.41. The first-order valence-electron chi connectivity index (χ1n) is 2.67. The van der Waals surface area contributed by atoms with E-state index in [4.69, 9.17) is 38.8 Å². The van der Waals surface area contributed by atoms with Gasteiger partial charge in [-0.15, -0.1) is 0 Å². The third-order valence-electron chi connectivity index (χ3n) is 0.945. The lowest BCUT2D eigenvalue weighted by Gasteiger charge is -2.06. The Balaban J connectivity index is 4.29. The highest BCUT2D eigenvalue weighted by Crippen LogP contribution is 2.57. The first-order valence-corrected chi connectivity index (χ1v) is 6.20. The Morgan fingerprint density at radius 2 is 2.00 bits per heavy atom. The van der Waals surface area contributed by atoms with Crippen molar-refractivity contribution in [2.45, 2.75) is 13.3 Å². The van der Waals surface area contributed by atoms with Crippen LogP contribution in [0.2, 0.25) is 0 Å². The maximum Gasteiger partial charge on any atom is 0.192 e. The molecular weight excluding hydrogens is 213 g/mol. The second kappa shape index (κ2) is 5.49. The van der Waals surface area contributed by atoms with Crippen LogP contribution < -0.4 is 0 Å². The van der Waals surface area contributed by atoms with Crippen LogP contribution in [0.1, 0.15) is 13.3 Å². The molecule has 0 saturated carbocycles. The Morgan fingerprint density at radius 1 is 1.50 bits per heavy atom. The van der Waals surface area contributed by atoms with Gasteiger partial charge in [-0.05, 0) is 18.0 Å². The fourth-order valence-corrected chi connectivity index (χ4v) is 2.73. The molecule has 0 amide bonds. The molecule has 0 aromatic heterocycles. The maximum atomic E-state index is 5.63. The zero-order valence-electron chi connectivity index (χ0n) is 5.70. The quantitative estimate of drug-likeness (QED) is 0.511. The lowest BCUT2D eigenvalue weighted by atomic mass is 10.5. The van der Waals surface area contributed by atoms with Gasteiger partial charge in [0.25, 0.3) is 0 Å². The van der Waals surface area contributed by atoms with Gasteiger partial charge < -0.3 is 4.74 Å². The summed E-state index contributed by atoms with van der Waals surface area (Å²) in [5.41, 5.74) is 0. The number of allylic oxidation sites excluding steroid dienone is 1. The van der Waals surface area contributed by atoms with E-state index in [1.54, 1.807) is 0 Å². The summed E-state index contributed by atoms with van der Waals surface area (Å²) in [6.45, 7) is 0.785. The molecule has 0 aromatic rings. The lowest BCUT2D eigenvalue weighted by molar-refractivity contribution is 0.319. The van der Waals surface area contributed by atoms with Crippen LogP contribution in [0.15, 0.2) is 10.5 Å². The molecule has 0 bridgehead atoms. The Kier molecular flexibility index (Phi) is 5.95. The van der Waals surface area contributed by atoms with Gasteiger partial charge in [-0.25, -0.2) is 0 Å². The van der Waals surface area contributed by atoms with Gasteiger partial charge >= 0.3 is 0 Å². The number of methoxy groups -OCH3 is 1. The van der Waals surface area contributed by atoms with E-state index in [-0.39, 0.29) is 0 Å². The van der Waals surface area contributed by atoms with Crippen LogP contribution in [-0.2, 0) is 4.74 Å². The van der Waals surface area contributed by atoms with Gasteiger partial charge in [-0.1, -0.05) is 29.4 Å². The first kappa shape index (κ1) is 10.8. The molecule has 0 aliphatic heterocycles. The molecule has 0 radical (unpaired) electrons. The van der Waals surface area contributed by atoms with E-state index in [2.05, 4.69) is 0 Å². The molecule has 0 heterocycles. The lowest BCUT2D eigenvalue weighted by Crippen LogP contribution is -1.81. The number of hydrogen-bond acceptors (Lipinski definition) is 1. The van der Waals surface area contributed by atoms with E-state index in [1.807, 2.05) is 6.92 Å². The Morgan fingerprint density at radius 3 is 2.10 bits per heavy atom. The fraction of sp³-hybridized carbons (Fsp3) is 0.600. The molecule has 0 rings (SSSR count). The summed E-state index contributed by atoms with van der Waals surface area (Å²) in [4.78, 5) is 0. The zero-order valence-corrected chi connectivity index (χ0v) is 8.86. The highest BCUT2D eigenvalue weighted by Gasteiger charge is 2.10. The zero-order chi connectivity index (χ0) is 8.15. The molecule has 0 aromatic carbocycles. The average molecular weight is 221 g/mol. The highest BCUT2D eigenvalue weighted by molar-refractivity contribution is 8.06. The smallest absolute Gasteiger partial charge is 0.192 e. The summed E-state index contributed by atoms with van der Waals surface area (Å²) in [5, 5.41) is 1.10. The Hall–Kier alpha value is 0.840. The minimum Gasteiger partial charge on any atom is -0.486 e.